The van der Waals surface area contributed by atoms with Crippen LogP contribution in [0, 0.1) is 17.0 Å². The maximum Gasteiger partial charge on any atom is 0.321 e. The van der Waals surface area contributed by atoms with E-state index in [1.165, 1.54) is 4.90 Å². The third-order valence-corrected chi connectivity index (χ3v) is 12.0. The van der Waals surface area contributed by atoms with Crippen molar-refractivity contribution in [2.75, 3.05) is 25.4 Å². The minimum atomic E-state index is -1.35. The molecule has 0 saturated carbocycles. The molecule has 0 fully saturated rings. The van der Waals surface area contributed by atoms with Crippen molar-refractivity contribution in [3.63, 3.8) is 0 Å². The zero-order valence-corrected chi connectivity index (χ0v) is 38.4. The number of rotatable bonds is 29. The van der Waals surface area contributed by atoms with Crippen LogP contribution in [0.1, 0.15) is 89.4 Å². The summed E-state index contributed by atoms with van der Waals surface area (Å²) < 4.78 is 31.3. The van der Waals surface area contributed by atoms with Crippen molar-refractivity contribution in [1.29, 1.82) is 0 Å². The molecule has 18 nitrogen and oxygen atoms in total. The molecule has 3 rings (SSSR count). The van der Waals surface area contributed by atoms with Crippen molar-refractivity contribution in [3.05, 3.63) is 83.7 Å². The number of aliphatic hydroxyl groups excluding tert-OH is 1. The van der Waals surface area contributed by atoms with Crippen molar-refractivity contribution in [3.8, 4) is 11.1 Å². The summed E-state index contributed by atoms with van der Waals surface area (Å²) in [5.74, 6) is -8.78. The van der Waals surface area contributed by atoms with Crippen LogP contribution in [0.25, 0.3) is 11.1 Å². The Hall–Kier alpha value is -6.03. The normalized spacial score (nSPS) is 13.7. The van der Waals surface area contributed by atoms with Gasteiger partial charge in [0.05, 0.1) is 29.8 Å². The van der Waals surface area contributed by atoms with E-state index in [1.807, 2.05) is 55.7 Å². The fraction of sp³-hybridized carbons (Fsp3) is 0.478. The number of nitrogens with two attached hydrogens (primary N) is 2. The summed E-state index contributed by atoms with van der Waals surface area (Å²) in [7, 11) is 0. The number of carbonyl (C=O) groups is 8. The van der Waals surface area contributed by atoms with Gasteiger partial charge in [0.1, 0.15) is 30.1 Å². The van der Waals surface area contributed by atoms with E-state index in [0.29, 0.717) is 17.8 Å². The second kappa shape index (κ2) is 26.3. The molecule has 0 aliphatic rings. The van der Waals surface area contributed by atoms with E-state index in [2.05, 4.69) is 10.6 Å². The highest BCUT2D eigenvalue weighted by molar-refractivity contribution is 8.00. The largest absolute Gasteiger partial charge is 0.481 e. The van der Waals surface area contributed by atoms with Crippen LogP contribution in [0.5, 0.6) is 0 Å². The number of aromatic nitrogens is 1. The molecule has 0 radical (unpaired) electrons. The number of nitrogens with zero attached hydrogens (tertiary/aromatic N) is 2. The highest BCUT2D eigenvalue weighted by Gasteiger charge is 2.37. The zero-order chi connectivity index (χ0) is 50.0. The highest BCUT2D eigenvalue weighted by Crippen LogP contribution is 2.41. The number of carboxylic acid groups (broad SMARTS) is 3. The van der Waals surface area contributed by atoms with Crippen LogP contribution in [0.4, 0.5) is 8.78 Å². The molecule has 67 heavy (non-hydrogen) atoms. The number of aliphatic hydroxyl groups is 1. The third kappa shape index (κ3) is 17.9. The SMILES string of the molecule is CC(C)(C)[C@H](c1cc(-c2cc(F)ccc2F)cn1Cc1ccccc1)N(CC[C@H](N)C(=O)NCCCC(=O)[C@@H](CCC(=O)O)NC(=O)CCC(=O)[C@H](CC(=O)O)SC[C@H](N)C(=O)O)C(=O)CO. The molecule has 1 aromatic heterocycles. The average molecular weight is 959 g/mol. The Morgan fingerprint density at radius 3 is 2.13 bits per heavy atom. The van der Waals surface area contributed by atoms with Crippen molar-refractivity contribution < 1.29 is 67.6 Å². The molecule has 3 aromatic rings. The first-order valence-electron chi connectivity index (χ1n) is 21.5. The molecule has 366 valence electrons. The van der Waals surface area contributed by atoms with E-state index in [4.69, 9.17) is 16.6 Å². The van der Waals surface area contributed by atoms with Crippen LogP contribution >= 0.6 is 11.8 Å². The third-order valence-electron chi connectivity index (χ3n) is 10.6. The second-order valence-electron chi connectivity index (χ2n) is 17.0. The van der Waals surface area contributed by atoms with Crippen molar-refractivity contribution in [2.24, 2.45) is 16.9 Å². The lowest BCUT2D eigenvalue weighted by Gasteiger charge is -2.41. The Morgan fingerprint density at radius 1 is 0.836 bits per heavy atom. The number of hydrogen-bond acceptors (Lipinski definition) is 12. The van der Waals surface area contributed by atoms with Gasteiger partial charge in [0.15, 0.2) is 5.78 Å². The zero-order valence-electron chi connectivity index (χ0n) is 37.6. The van der Waals surface area contributed by atoms with Gasteiger partial charge in [0, 0.05) is 74.1 Å². The summed E-state index contributed by atoms with van der Waals surface area (Å²) in [5.41, 5.74) is 12.8. The summed E-state index contributed by atoms with van der Waals surface area (Å²) in [4.78, 5) is 101. The highest BCUT2D eigenvalue weighted by atomic mass is 32.2. The molecule has 2 aromatic carbocycles. The van der Waals surface area contributed by atoms with Gasteiger partial charge in [-0.3, -0.25) is 38.4 Å². The number of aliphatic carboxylic acids is 3. The topological polar surface area (TPSA) is 302 Å². The quantitative estimate of drug-likeness (QED) is 0.0463. The van der Waals surface area contributed by atoms with Gasteiger partial charge in [0.25, 0.3) is 0 Å². The number of carbonyl (C=O) groups excluding carboxylic acids is 5. The van der Waals surface area contributed by atoms with Crippen molar-refractivity contribution in [1.82, 2.24) is 20.1 Å². The molecule has 21 heteroatoms. The van der Waals surface area contributed by atoms with E-state index in [1.54, 1.807) is 12.3 Å². The summed E-state index contributed by atoms with van der Waals surface area (Å²) >= 11 is 0.730. The number of halogens is 2. The van der Waals surface area contributed by atoms with Crippen molar-refractivity contribution >= 4 is 59.0 Å². The summed E-state index contributed by atoms with van der Waals surface area (Å²) in [5, 5.41) is 41.4. The fourth-order valence-electron chi connectivity index (χ4n) is 7.25. The first kappa shape index (κ1) is 55.3. The minimum Gasteiger partial charge on any atom is -0.481 e. The number of Topliss-reactive ketones (excluding diaryl/α,β-unsaturated/α-hetero) is 2. The van der Waals surface area contributed by atoms with Crippen LogP contribution in [-0.2, 0) is 44.9 Å². The monoisotopic (exact) mass is 958 g/mol. The van der Waals surface area contributed by atoms with Crippen LogP contribution in [-0.4, -0.2) is 126 Å². The number of carboxylic acids is 3. The number of amides is 3. The molecular weight excluding hydrogens is 899 g/mol. The lowest BCUT2D eigenvalue weighted by molar-refractivity contribution is -0.140. The number of ketones is 2. The Balaban J connectivity index is 1.67. The number of hydrogen-bond donors (Lipinski definition) is 8. The number of nitrogens with one attached hydrogen (secondary N) is 2. The number of benzene rings is 2. The Bertz CT molecular complexity index is 2220. The van der Waals surface area contributed by atoms with Crippen molar-refractivity contribution in [2.45, 2.75) is 108 Å². The number of thioether (sulfide) groups is 1. The molecule has 5 atom stereocenters. The van der Waals surface area contributed by atoms with Gasteiger partial charge in [-0.25, -0.2) is 8.78 Å². The molecule has 0 aliphatic heterocycles. The van der Waals surface area contributed by atoms with Gasteiger partial charge in [0.2, 0.25) is 17.7 Å². The molecule has 0 unspecified atom stereocenters. The van der Waals surface area contributed by atoms with E-state index in [0.717, 1.165) is 35.5 Å². The lowest BCUT2D eigenvalue weighted by Crippen LogP contribution is -2.47. The van der Waals surface area contributed by atoms with E-state index in [9.17, 15) is 58.1 Å². The van der Waals surface area contributed by atoms with Gasteiger partial charge < -0.3 is 52.0 Å². The molecule has 10 N–H and O–H groups in total. The molecule has 1 heterocycles. The maximum atomic E-state index is 15.1. The molecule has 0 bridgehead atoms. The molecule has 0 spiro atoms. The lowest BCUT2D eigenvalue weighted by atomic mass is 9.82. The summed E-state index contributed by atoms with van der Waals surface area (Å²) in [6.07, 6.45) is -0.906. The minimum absolute atomic E-state index is 0.00831. The van der Waals surface area contributed by atoms with Gasteiger partial charge in [-0.05, 0) is 54.5 Å². The van der Waals surface area contributed by atoms with Crippen LogP contribution < -0.4 is 22.1 Å². The molecular formula is C46H60F2N6O12S. The van der Waals surface area contributed by atoms with Gasteiger partial charge in [-0.1, -0.05) is 51.1 Å². The first-order valence-corrected chi connectivity index (χ1v) is 22.6. The fourth-order valence-corrected chi connectivity index (χ4v) is 8.40. The van der Waals surface area contributed by atoms with E-state index >= 15 is 4.39 Å². The average Bonchev–Trinajstić information content (AvgIpc) is 3.67. The van der Waals surface area contributed by atoms with E-state index in [-0.39, 0.29) is 50.1 Å². The Labute approximate surface area is 390 Å². The Kier molecular flexibility index (Phi) is 21.7. The predicted molar refractivity (Wildman–Crippen MR) is 243 cm³/mol. The van der Waals surface area contributed by atoms with Gasteiger partial charge in [-0.15, -0.1) is 11.8 Å². The first-order chi connectivity index (χ1) is 31.5. The standard InChI is InChI=1S/C46H60F2N6O12S/c1-46(2,3)43(35-20-28(30-21-29(47)11-12-31(30)48)24-53(35)23-27-8-5-4-6-9-27)54(40(59)25-55)19-17-32(49)44(64)51-18-7-10-36(56)34(13-16-41(60)61)52-39(58)15-14-37(57)38(22-42(62)63)67-26-33(50)45(65)66/h4-6,8-9,11-12,20-21,24,32-34,38,43,55H,7,10,13-19,22-23,25-26,49-50H2,1-3H3,(H,51,64)(H,52,58)(H,60,61)(H,62,63)(H,65,66)/t32-,33-,34+,38-,43-/m0/s1. The van der Waals surface area contributed by atoms with Gasteiger partial charge >= 0.3 is 17.9 Å². The van der Waals surface area contributed by atoms with Crippen LogP contribution in [0.2, 0.25) is 0 Å². The summed E-state index contributed by atoms with van der Waals surface area (Å²) in [6.45, 7) is 4.86. The second-order valence-corrected chi connectivity index (χ2v) is 18.3. The van der Waals surface area contributed by atoms with Gasteiger partial charge in [-0.2, -0.15) is 0 Å². The molecule has 0 saturated heterocycles. The molecule has 0 aliphatic carbocycles. The predicted octanol–water partition coefficient (Wildman–Crippen LogP) is 3.26. The Morgan fingerprint density at radius 2 is 1.52 bits per heavy atom. The smallest absolute Gasteiger partial charge is 0.321 e. The van der Waals surface area contributed by atoms with Crippen LogP contribution in [0.3, 0.4) is 0 Å². The van der Waals surface area contributed by atoms with E-state index < -0.39 is 126 Å². The molecule has 3 amide bonds. The van der Waals surface area contributed by atoms with Crippen LogP contribution in [0.15, 0.2) is 60.8 Å². The summed E-state index contributed by atoms with van der Waals surface area (Å²) in [6, 6.07) is 9.56. The maximum absolute atomic E-state index is 15.1.